The first-order valence-electron chi connectivity index (χ1n) is 4.15. The molecule has 0 saturated heterocycles. The third-order valence-electron chi connectivity index (χ3n) is 2.21. The first kappa shape index (κ1) is 7.80. The highest BCUT2D eigenvalue weighted by Gasteiger charge is 2.13. The number of rotatable bonds is 2. The second-order valence-corrected chi connectivity index (χ2v) is 2.78. The van der Waals surface area contributed by atoms with Gasteiger partial charge < -0.3 is 4.74 Å². The molecule has 0 saturated carbocycles. The summed E-state index contributed by atoms with van der Waals surface area (Å²) >= 11 is 0. The third-order valence-corrected chi connectivity index (χ3v) is 2.21. The lowest BCUT2D eigenvalue weighted by molar-refractivity contribution is 0.117. The second-order valence-electron chi connectivity index (χ2n) is 2.78. The number of hydrogen-bond acceptors (Lipinski definition) is 1. The van der Waals surface area contributed by atoms with Gasteiger partial charge in [-0.2, -0.15) is 0 Å². The van der Waals surface area contributed by atoms with E-state index in [1.54, 1.807) is 5.57 Å². The molecular weight excluding hydrogens is 124 g/mol. The van der Waals surface area contributed by atoms with Crippen LogP contribution in [0.1, 0.15) is 26.7 Å². The summed E-state index contributed by atoms with van der Waals surface area (Å²) in [6.07, 6.45) is 4.65. The fraction of sp³-hybridized carbons (Fsp3) is 0.778. The molecule has 10 heavy (non-hydrogen) atoms. The lowest BCUT2D eigenvalue weighted by Gasteiger charge is -2.22. The van der Waals surface area contributed by atoms with E-state index in [-0.39, 0.29) is 0 Å². The van der Waals surface area contributed by atoms with Crippen LogP contribution in [-0.4, -0.2) is 13.2 Å². The zero-order valence-electron chi connectivity index (χ0n) is 6.89. The van der Waals surface area contributed by atoms with E-state index in [9.17, 15) is 0 Å². The van der Waals surface area contributed by atoms with Crippen LogP contribution in [-0.2, 0) is 4.74 Å². The van der Waals surface area contributed by atoms with E-state index in [2.05, 4.69) is 19.9 Å². The van der Waals surface area contributed by atoms with Crippen molar-refractivity contribution < 1.29 is 4.74 Å². The van der Waals surface area contributed by atoms with Crippen LogP contribution in [0, 0.1) is 5.92 Å². The highest BCUT2D eigenvalue weighted by atomic mass is 16.5. The zero-order valence-corrected chi connectivity index (χ0v) is 6.89. The monoisotopic (exact) mass is 140 g/mol. The summed E-state index contributed by atoms with van der Waals surface area (Å²) < 4.78 is 5.33. The molecule has 0 spiro atoms. The van der Waals surface area contributed by atoms with Gasteiger partial charge >= 0.3 is 0 Å². The van der Waals surface area contributed by atoms with Crippen molar-refractivity contribution in [3.8, 4) is 0 Å². The molecule has 1 aliphatic heterocycles. The molecular formula is C9H16O. The van der Waals surface area contributed by atoms with Gasteiger partial charge in [-0.1, -0.05) is 25.5 Å². The van der Waals surface area contributed by atoms with E-state index in [0.717, 1.165) is 13.2 Å². The van der Waals surface area contributed by atoms with Gasteiger partial charge in [-0.05, 0) is 12.8 Å². The van der Waals surface area contributed by atoms with Crippen LogP contribution in [0.5, 0.6) is 0 Å². The summed E-state index contributed by atoms with van der Waals surface area (Å²) in [5.41, 5.74) is 1.59. The Balaban J connectivity index is 2.53. The van der Waals surface area contributed by atoms with Crippen molar-refractivity contribution in [3.05, 3.63) is 11.6 Å². The van der Waals surface area contributed by atoms with Crippen LogP contribution in [0.15, 0.2) is 11.6 Å². The Labute approximate surface area is 63.1 Å². The van der Waals surface area contributed by atoms with Crippen molar-refractivity contribution >= 4 is 0 Å². The van der Waals surface area contributed by atoms with Crippen molar-refractivity contribution in [1.82, 2.24) is 0 Å². The number of ether oxygens (including phenoxy) is 1. The van der Waals surface area contributed by atoms with E-state index >= 15 is 0 Å². The largest absolute Gasteiger partial charge is 0.377 e. The molecule has 0 fully saturated rings. The van der Waals surface area contributed by atoms with Gasteiger partial charge in [0.15, 0.2) is 0 Å². The van der Waals surface area contributed by atoms with E-state index in [4.69, 9.17) is 4.74 Å². The molecule has 1 nitrogen and oxygen atoms in total. The fourth-order valence-corrected chi connectivity index (χ4v) is 1.46. The molecule has 58 valence electrons. The molecule has 1 aliphatic rings. The Morgan fingerprint density at radius 1 is 1.60 bits per heavy atom. The zero-order chi connectivity index (χ0) is 7.40. The van der Waals surface area contributed by atoms with Crippen LogP contribution in [0.3, 0.4) is 0 Å². The van der Waals surface area contributed by atoms with E-state index in [1.165, 1.54) is 12.8 Å². The minimum Gasteiger partial charge on any atom is -0.377 e. The lowest BCUT2D eigenvalue weighted by atomic mass is 9.93. The van der Waals surface area contributed by atoms with Crippen LogP contribution in [0.4, 0.5) is 0 Å². The molecule has 0 bridgehead atoms. The Morgan fingerprint density at radius 3 is 2.90 bits per heavy atom. The Bertz CT molecular complexity index is 127. The maximum absolute atomic E-state index is 5.33. The predicted molar refractivity (Wildman–Crippen MR) is 43.0 cm³/mol. The standard InChI is InChI=1S/C9H16O/c1-3-8-5-6-10-7-9(8)4-2/h5,9H,3-4,6-7H2,1-2H3. The Kier molecular flexibility index (Phi) is 2.94. The first-order chi connectivity index (χ1) is 4.88. The fourth-order valence-electron chi connectivity index (χ4n) is 1.46. The SMILES string of the molecule is CCC1=CCOCC1CC. The molecule has 0 amide bonds. The average Bonchev–Trinajstić information content (AvgIpc) is 2.04. The van der Waals surface area contributed by atoms with Gasteiger partial charge in [0.1, 0.15) is 0 Å². The minimum atomic E-state index is 0.707. The molecule has 0 aromatic rings. The highest BCUT2D eigenvalue weighted by molar-refractivity contribution is 5.08. The minimum absolute atomic E-state index is 0.707. The summed E-state index contributed by atoms with van der Waals surface area (Å²) in [4.78, 5) is 0. The summed E-state index contributed by atoms with van der Waals surface area (Å²) in [5.74, 6) is 0.707. The van der Waals surface area contributed by atoms with Gasteiger partial charge in [0.2, 0.25) is 0 Å². The predicted octanol–water partition coefficient (Wildman–Crippen LogP) is 2.38. The van der Waals surface area contributed by atoms with Crippen LogP contribution in [0.25, 0.3) is 0 Å². The summed E-state index contributed by atoms with van der Waals surface area (Å²) in [7, 11) is 0. The molecule has 1 atom stereocenters. The van der Waals surface area contributed by atoms with Crippen LogP contribution in [0.2, 0.25) is 0 Å². The maximum atomic E-state index is 5.33. The maximum Gasteiger partial charge on any atom is 0.0650 e. The molecule has 0 aliphatic carbocycles. The molecule has 1 heterocycles. The van der Waals surface area contributed by atoms with Crippen molar-refractivity contribution in [1.29, 1.82) is 0 Å². The molecule has 0 N–H and O–H groups in total. The van der Waals surface area contributed by atoms with E-state index in [0.29, 0.717) is 5.92 Å². The quantitative estimate of drug-likeness (QED) is 0.535. The normalized spacial score (nSPS) is 26.2. The van der Waals surface area contributed by atoms with Gasteiger partial charge in [-0.3, -0.25) is 0 Å². The molecule has 1 heteroatoms. The van der Waals surface area contributed by atoms with Crippen LogP contribution >= 0.6 is 0 Å². The number of hydrogen-bond donors (Lipinski definition) is 0. The second kappa shape index (κ2) is 3.77. The summed E-state index contributed by atoms with van der Waals surface area (Å²) in [6, 6.07) is 0. The van der Waals surface area contributed by atoms with Crippen molar-refractivity contribution in [3.63, 3.8) is 0 Å². The summed E-state index contributed by atoms with van der Waals surface area (Å²) in [6.45, 7) is 6.22. The van der Waals surface area contributed by atoms with Gasteiger partial charge in [0.05, 0.1) is 13.2 Å². The third kappa shape index (κ3) is 1.60. The molecule has 0 radical (unpaired) electrons. The van der Waals surface area contributed by atoms with Gasteiger partial charge in [-0.15, -0.1) is 0 Å². The molecule has 1 rings (SSSR count). The average molecular weight is 140 g/mol. The van der Waals surface area contributed by atoms with Crippen LogP contribution < -0.4 is 0 Å². The Hall–Kier alpha value is -0.300. The topological polar surface area (TPSA) is 9.23 Å². The highest BCUT2D eigenvalue weighted by Crippen LogP contribution is 2.21. The van der Waals surface area contributed by atoms with Gasteiger partial charge in [0, 0.05) is 5.92 Å². The van der Waals surface area contributed by atoms with E-state index < -0.39 is 0 Å². The van der Waals surface area contributed by atoms with Gasteiger partial charge in [-0.25, -0.2) is 0 Å². The molecule has 0 aromatic heterocycles. The van der Waals surface area contributed by atoms with Gasteiger partial charge in [0.25, 0.3) is 0 Å². The smallest absolute Gasteiger partial charge is 0.0650 e. The Morgan fingerprint density at radius 2 is 2.40 bits per heavy atom. The summed E-state index contributed by atoms with van der Waals surface area (Å²) in [5, 5.41) is 0. The molecule has 1 unspecified atom stereocenters. The lowest BCUT2D eigenvalue weighted by Crippen LogP contribution is -2.16. The molecule has 0 aromatic carbocycles. The van der Waals surface area contributed by atoms with E-state index in [1.807, 2.05) is 0 Å². The van der Waals surface area contributed by atoms with Crippen molar-refractivity contribution in [2.45, 2.75) is 26.7 Å². The first-order valence-corrected chi connectivity index (χ1v) is 4.15. The van der Waals surface area contributed by atoms with Crippen molar-refractivity contribution in [2.24, 2.45) is 5.92 Å². The van der Waals surface area contributed by atoms with Crippen molar-refractivity contribution in [2.75, 3.05) is 13.2 Å².